The zero-order valence-electron chi connectivity index (χ0n) is 30.8. The first-order chi connectivity index (χ1) is 22.6. The SMILES string of the molecule is CC(C)(C)c1cc(-n2nc3cccc(Sc4cccc5nn(-c6cc(C(C)(C)C)cc(C(C)(C)C)c6O)nc45)c3n2)c(O)c(C(C)(C)C)c1. The Bertz CT molecular complexity index is 2060. The highest BCUT2D eigenvalue weighted by Gasteiger charge is 2.28. The van der Waals surface area contributed by atoms with Gasteiger partial charge in [0.1, 0.15) is 44.9 Å². The van der Waals surface area contributed by atoms with E-state index < -0.39 is 0 Å². The lowest BCUT2D eigenvalue weighted by atomic mass is 9.80. The van der Waals surface area contributed by atoms with Crippen molar-refractivity contribution in [2.45, 2.75) is 115 Å². The Morgan fingerprint density at radius 1 is 0.490 bits per heavy atom. The highest BCUT2D eigenvalue weighted by molar-refractivity contribution is 7.99. The molecular weight excluding hydrogens is 629 g/mol. The van der Waals surface area contributed by atoms with Crippen LogP contribution in [0.15, 0.2) is 70.5 Å². The number of aromatic nitrogens is 6. The first kappa shape index (κ1) is 34.5. The van der Waals surface area contributed by atoms with Crippen molar-refractivity contribution in [2.24, 2.45) is 0 Å². The van der Waals surface area contributed by atoms with Gasteiger partial charge in [-0.05, 0) is 69.2 Å². The average molecular weight is 677 g/mol. The van der Waals surface area contributed by atoms with Crippen molar-refractivity contribution in [3.05, 3.63) is 82.9 Å². The number of phenolic OH excluding ortho intramolecular Hbond substituents is 2. The Kier molecular flexibility index (Phi) is 8.17. The molecule has 2 heterocycles. The molecule has 0 aliphatic rings. The number of benzene rings is 4. The largest absolute Gasteiger partial charge is 0.505 e. The molecule has 0 fully saturated rings. The first-order valence-corrected chi connectivity index (χ1v) is 17.6. The molecule has 8 nitrogen and oxygen atoms in total. The molecule has 0 amide bonds. The van der Waals surface area contributed by atoms with E-state index >= 15 is 0 Å². The molecule has 0 radical (unpaired) electrons. The number of rotatable bonds is 4. The maximum atomic E-state index is 11.5. The van der Waals surface area contributed by atoms with Crippen LogP contribution in [0.2, 0.25) is 0 Å². The summed E-state index contributed by atoms with van der Waals surface area (Å²) >= 11 is 1.54. The molecule has 2 aromatic heterocycles. The summed E-state index contributed by atoms with van der Waals surface area (Å²) in [6, 6.07) is 20.0. The number of phenols is 2. The molecule has 2 N–H and O–H groups in total. The monoisotopic (exact) mass is 676 g/mol. The predicted molar refractivity (Wildman–Crippen MR) is 200 cm³/mol. The number of hydrogen-bond acceptors (Lipinski definition) is 7. The van der Waals surface area contributed by atoms with Crippen LogP contribution in [-0.2, 0) is 21.7 Å². The molecule has 256 valence electrons. The van der Waals surface area contributed by atoms with Gasteiger partial charge in [0, 0.05) is 20.9 Å². The summed E-state index contributed by atoms with van der Waals surface area (Å²) in [4.78, 5) is 4.92. The summed E-state index contributed by atoms with van der Waals surface area (Å²) in [6.45, 7) is 25.6. The molecule has 0 unspecified atom stereocenters. The molecule has 9 heteroatoms. The zero-order chi connectivity index (χ0) is 35.8. The fourth-order valence-electron chi connectivity index (χ4n) is 5.87. The van der Waals surface area contributed by atoms with Crippen molar-refractivity contribution in [1.29, 1.82) is 0 Å². The molecule has 49 heavy (non-hydrogen) atoms. The molecule has 6 rings (SSSR count). The normalized spacial score (nSPS) is 13.1. The molecular formula is C40H48N6O2S. The van der Waals surface area contributed by atoms with Crippen molar-refractivity contribution in [3.63, 3.8) is 0 Å². The van der Waals surface area contributed by atoms with E-state index in [1.165, 1.54) is 0 Å². The lowest BCUT2D eigenvalue weighted by Gasteiger charge is -2.27. The van der Waals surface area contributed by atoms with Crippen molar-refractivity contribution >= 4 is 33.8 Å². The fourth-order valence-corrected chi connectivity index (χ4v) is 6.89. The van der Waals surface area contributed by atoms with Crippen LogP contribution in [0.4, 0.5) is 0 Å². The van der Waals surface area contributed by atoms with Crippen LogP contribution >= 0.6 is 11.8 Å². The van der Waals surface area contributed by atoms with Gasteiger partial charge in [0.25, 0.3) is 0 Å². The van der Waals surface area contributed by atoms with Gasteiger partial charge >= 0.3 is 0 Å². The molecule has 0 atom stereocenters. The minimum atomic E-state index is -0.275. The molecule has 0 aliphatic heterocycles. The Hall–Kier alpha value is -4.37. The highest BCUT2D eigenvalue weighted by Crippen LogP contribution is 2.42. The minimum Gasteiger partial charge on any atom is -0.505 e. The van der Waals surface area contributed by atoms with Gasteiger partial charge in [-0.2, -0.15) is 0 Å². The summed E-state index contributed by atoms with van der Waals surface area (Å²) in [5, 5.41) is 42.6. The second kappa shape index (κ2) is 11.6. The van der Waals surface area contributed by atoms with Gasteiger partial charge in [0.2, 0.25) is 0 Å². The van der Waals surface area contributed by atoms with Gasteiger partial charge in [-0.1, -0.05) is 119 Å². The van der Waals surface area contributed by atoms with Crippen LogP contribution in [0, 0.1) is 0 Å². The van der Waals surface area contributed by atoms with E-state index in [2.05, 4.69) is 95.2 Å². The Labute approximate surface area is 293 Å². The Morgan fingerprint density at radius 3 is 1.18 bits per heavy atom. The topological polar surface area (TPSA) is 102 Å². The standard InChI is InChI=1S/C40H48N6O2S/c1-37(2,3)23-19-25(39(7,8)9)35(47)29(21-23)45-41-27-15-13-17-31(33(27)43-45)49-32-18-14-16-28-34(32)44-46(42-28)30-22-24(38(4,5)6)20-26(36(30)48)40(10,11)12/h13-22,47-48H,1-12H3. The summed E-state index contributed by atoms with van der Waals surface area (Å²) in [5.41, 5.74) is 7.10. The van der Waals surface area contributed by atoms with E-state index in [4.69, 9.17) is 20.4 Å². The number of nitrogens with zero attached hydrogens (tertiary/aromatic N) is 6. The van der Waals surface area contributed by atoms with E-state index in [0.717, 1.165) is 54.1 Å². The van der Waals surface area contributed by atoms with E-state index in [-0.39, 0.29) is 33.2 Å². The lowest BCUT2D eigenvalue weighted by molar-refractivity contribution is 0.437. The number of aromatic hydroxyl groups is 2. The van der Waals surface area contributed by atoms with Crippen molar-refractivity contribution in [1.82, 2.24) is 30.0 Å². The maximum absolute atomic E-state index is 11.5. The molecule has 0 bridgehead atoms. The number of fused-ring (bicyclic) bond motifs is 2. The summed E-state index contributed by atoms with van der Waals surface area (Å²) in [6.07, 6.45) is 0. The van der Waals surface area contributed by atoms with Crippen LogP contribution in [0.5, 0.6) is 11.5 Å². The zero-order valence-corrected chi connectivity index (χ0v) is 31.6. The van der Waals surface area contributed by atoms with Gasteiger partial charge in [-0.3, -0.25) is 0 Å². The summed E-state index contributed by atoms with van der Waals surface area (Å²) < 4.78 is 0. The van der Waals surface area contributed by atoms with Gasteiger partial charge in [0.15, 0.2) is 0 Å². The Balaban J connectivity index is 1.45. The van der Waals surface area contributed by atoms with Crippen molar-refractivity contribution < 1.29 is 10.2 Å². The van der Waals surface area contributed by atoms with Gasteiger partial charge < -0.3 is 10.2 Å². The van der Waals surface area contributed by atoms with Crippen LogP contribution in [0.3, 0.4) is 0 Å². The first-order valence-electron chi connectivity index (χ1n) is 16.8. The van der Waals surface area contributed by atoms with E-state index in [1.54, 1.807) is 21.4 Å². The van der Waals surface area contributed by atoms with Gasteiger partial charge in [0.05, 0.1) is 0 Å². The second-order valence-electron chi connectivity index (χ2n) is 17.1. The quantitative estimate of drug-likeness (QED) is 0.192. The van der Waals surface area contributed by atoms with E-state index in [0.29, 0.717) is 11.4 Å². The van der Waals surface area contributed by atoms with Crippen LogP contribution in [-0.4, -0.2) is 40.2 Å². The van der Waals surface area contributed by atoms with Crippen molar-refractivity contribution in [2.75, 3.05) is 0 Å². The molecule has 6 aromatic rings. The predicted octanol–water partition coefficient (Wildman–Crippen LogP) is 9.91. The third kappa shape index (κ3) is 6.53. The smallest absolute Gasteiger partial charge is 0.146 e. The average Bonchev–Trinajstić information content (AvgIpc) is 3.61. The molecule has 0 saturated carbocycles. The molecule has 0 spiro atoms. The fraction of sp³-hybridized carbons (Fsp3) is 0.400. The second-order valence-corrected chi connectivity index (χ2v) is 18.2. The van der Waals surface area contributed by atoms with E-state index in [9.17, 15) is 10.2 Å². The van der Waals surface area contributed by atoms with E-state index in [1.807, 2.05) is 48.5 Å². The summed E-state index contributed by atoms with van der Waals surface area (Å²) in [5.74, 6) is 0.370. The summed E-state index contributed by atoms with van der Waals surface area (Å²) in [7, 11) is 0. The van der Waals surface area contributed by atoms with Gasteiger partial charge in [-0.15, -0.1) is 30.0 Å². The van der Waals surface area contributed by atoms with Crippen LogP contribution in [0.25, 0.3) is 33.4 Å². The third-order valence-corrected chi connectivity index (χ3v) is 10.0. The number of hydrogen-bond donors (Lipinski definition) is 2. The molecule has 0 saturated heterocycles. The highest BCUT2D eigenvalue weighted by atomic mass is 32.2. The molecule has 4 aromatic carbocycles. The third-order valence-electron chi connectivity index (χ3n) is 8.93. The van der Waals surface area contributed by atoms with Crippen LogP contribution in [0.1, 0.15) is 105 Å². The minimum absolute atomic E-state index is 0.134. The Morgan fingerprint density at radius 2 is 0.857 bits per heavy atom. The maximum Gasteiger partial charge on any atom is 0.146 e. The molecule has 0 aliphatic carbocycles. The van der Waals surface area contributed by atoms with Crippen molar-refractivity contribution in [3.8, 4) is 22.9 Å². The lowest BCUT2D eigenvalue weighted by Crippen LogP contribution is -2.18. The van der Waals surface area contributed by atoms with Crippen LogP contribution < -0.4 is 0 Å². The van der Waals surface area contributed by atoms with Gasteiger partial charge in [-0.25, -0.2) is 0 Å².